The highest BCUT2D eigenvalue weighted by Gasteiger charge is 2.35. The lowest BCUT2D eigenvalue weighted by Crippen LogP contribution is -2.30. The molecule has 5 unspecified atom stereocenters. The maximum absolute atomic E-state index is 8.99. The average molecular weight is 313 g/mol. The van der Waals surface area contributed by atoms with E-state index in [-0.39, 0.29) is 11.8 Å². The smallest absolute Gasteiger partial charge is 0.0991 e. The minimum atomic E-state index is -1.34. The first-order chi connectivity index (χ1) is 12.5. The van der Waals surface area contributed by atoms with Crippen LogP contribution < -0.4 is 0 Å². The summed E-state index contributed by atoms with van der Waals surface area (Å²) in [5, 5.41) is 8.99. The van der Waals surface area contributed by atoms with Crippen LogP contribution >= 0.6 is 0 Å². The van der Waals surface area contributed by atoms with E-state index in [2.05, 4.69) is 13.0 Å². The molecule has 1 aromatic rings. The summed E-state index contributed by atoms with van der Waals surface area (Å²) in [6.07, 6.45) is 7.44. The molecule has 0 spiro atoms. The number of nitrogens with zero attached hydrogens (tertiary/aromatic N) is 1. The zero-order valence-electron chi connectivity index (χ0n) is 17.3. The van der Waals surface area contributed by atoms with E-state index in [9.17, 15) is 0 Å². The summed E-state index contributed by atoms with van der Waals surface area (Å²) >= 11 is 0. The number of hydrogen-bond donors (Lipinski definition) is 0. The Morgan fingerprint density at radius 1 is 1.13 bits per heavy atom. The molecule has 3 rings (SSSR count). The minimum absolute atomic E-state index is 0.0761. The second-order valence-electron chi connectivity index (χ2n) is 7.39. The lowest BCUT2D eigenvalue weighted by Gasteiger charge is -2.42. The highest BCUT2D eigenvalue weighted by atomic mass is 14.4. The van der Waals surface area contributed by atoms with Gasteiger partial charge in [-0.2, -0.15) is 5.26 Å². The molecule has 5 atom stereocenters. The first-order valence-corrected chi connectivity index (χ1v) is 9.39. The molecule has 0 saturated heterocycles. The molecule has 1 aromatic carbocycles. The van der Waals surface area contributed by atoms with Crippen LogP contribution in [0.25, 0.3) is 0 Å². The van der Waals surface area contributed by atoms with Gasteiger partial charge in [-0.15, -0.1) is 0 Å². The fraction of sp³-hybridized carbons (Fsp3) is 0.682. The Morgan fingerprint density at radius 3 is 2.70 bits per heavy atom. The molecule has 0 amide bonds. The molecule has 23 heavy (non-hydrogen) atoms. The van der Waals surface area contributed by atoms with Crippen LogP contribution in [0, 0.1) is 29.1 Å². The molecule has 0 bridgehead atoms. The third-order valence-corrected chi connectivity index (χ3v) is 5.77. The molecule has 2 fully saturated rings. The lowest BCUT2D eigenvalue weighted by atomic mass is 9.63. The van der Waals surface area contributed by atoms with Gasteiger partial charge in [-0.25, -0.2) is 0 Å². The zero-order chi connectivity index (χ0) is 18.7. The zero-order valence-corrected chi connectivity index (χ0v) is 14.3. The topological polar surface area (TPSA) is 23.8 Å². The van der Waals surface area contributed by atoms with Crippen molar-refractivity contribution >= 4 is 0 Å². The van der Waals surface area contributed by atoms with Crippen molar-refractivity contribution in [1.82, 2.24) is 0 Å². The van der Waals surface area contributed by atoms with Gasteiger partial charge in [0.2, 0.25) is 0 Å². The van der Waals surface area contributed by atoms with Crippen LogP contribution in [0.15, 0.2) is 24.3 Å². The van der Waals surface area contributed by atoms with E-state index in [1.54, 1.807) is 12.1 Å². The van der Waals surface area contributed by atoms with Crippen molar-refractivity contribution in [3.8, 4) is 6.07 Å². The standard InChI is InChI=1S/C22H31N/c1-2-3-4-5-17-6-11-22-15-21(13-12-20(22)14-17)19-9-7-18(16-23)8-10-19/h7-10,17,20-22H,2-6,11-15H2,1H3/i13D,15D2. The fourth-order valence-electron chi connectivity index (χ4n) is 4.39. The van der Waals surface area contributed by atoms with Crippen LogP contribution in [-0.4, -0.2) is 0 Å². The third-order valence-electron chi connectivity index (χ3n) is 5.77. The van der Waals surface area contributed by atoms with Gasteiger partial charge in [0.25, 0.3) is 0 Å². The van der Waals surface area contributed by atoms with Gasteiger partial charge in [0, 0.05) is 4.11 Å². The van der Waals surface area contributed by atoms with Gasteiger partial charge in [-0.1, -0.05) is 51.2 Å². The number of rotatable bonds is 5. The molecule has 0 heterocycles. The van der Waals surface area contributed by atoms with Gasteiger partial charge in [0.15, 0.2) is 0 Å². The number of unbranched alkanes of at least 4 members (excludes halogenated alkanes) is 2. The lowest BCUT2D eigenvalue weighted by molar-refractivity contribution is 0.113. The summed E-state index contributed by atoms with van der Waals surface area (Å²) in [6, 6.07) is 9.36. The van der Waals surface area contributed by atoms with Crippen molar-refractivity contribution in [2.45, 2.75) is 77.0 Å². The van der Waals surface area contributed by atoms with Crippen molar-refractivity contribution in [2.24, 2.45) is 17.8 Å². The van der Waals surface area contributed by atoms with Crippen LogP contribution in [0.5, 0.6) is 0 Å². The van der Waals surface area contributed by atoms with E-state index in [0.717, 1.165) is 37.2 Å². The summed E-state index contributed by atoms with van der Waals surface area (Å²) in [5.41, 5.74) is 1.48. The predicted octanol–water partition coefficient (Wildman–Crippen LogP) is 6.44. The van der Waals surface area contributed by atoms with Crippen molar-refractivity contribution in [3.05, 3.63) is 35.4 Å². The Bertz CT molecular complexity index is 634. The van der Waals surface area contributed by atoms with Crippen LogP contribution in [0.2, 0.25) is 0 Å². The molecule has 2 aliphatic rings. The monoisotopic (exact) mass is 312 g/mol. The maximum atomic E-state index is 8.99. The van der Waals surface area contributed by atoms with Gasteiger partial charge in [-0.05, 0) is 73.4 Å². The maximum Gasteiger partial charge on any atom is 0.0991 e. The molecular weight excluding hydrogens is 278 g/mol. The third kappa shape index (κ3) is 4.17. The Kier molecular flexibility index (Phi) is 4.54. The van der Waals surface area contributed by atoms with Gasteiger partial charge in [0.05, 0.1) is 11.6 Å². The van der Waals surface area contributed by atoms with E-state index in [4.69, 9.17) is 9.37 Å². The molecule has 124 valence electrons. The van der Waals surface area contributed by atoms with E-state index < -0.39 is 12.8 Å². The Balaban J connectivity index is 1.74. The highest BCUT2D eigenvalue weighted by molar-refractivity contribution is 5.33. The summed E-state index contributed by atoms with van der Waals surface area (Å²) in [4.78, 5) is 0. The number of hydrogen-bond acceptors (Lipinski definition) is 1. The van der Waals surface area contributed by atoms with Crippen molar-refractivity contribution in [1.29, 1.82) is 5.26 Å². The van der Waals surface area contributed by atoms with Gasteiger partial charge in [0.1, 0.15) is 0 Å². The molecule has 0 N–H and O–H groups in total. The second kappa shape index (κ2) is 8.00. The highest BCUT2D eigenvalue weighted by Crippen LogP contribution is 2.48. The first kappa shape index (κ1) is 13.1. The quantitative estimate of drug-likeness (QED) is 0.574. The molecule has 2 saturated carbocycles. The molecule has 0 aromatic heterocycles. The van der Waals surface area contributed by atoms with Crippen LogP contribution in [0.1, 0.15) is 92.2 Å². The second-order valence-corrected chi connectivity index (χ2v) is 7.39. The average Bonchev–Trinajstić information content (AvgIpc) is 2.62. The normalized spacial score (nSPS) is 37.7. The summed E-state index contributed by atoms with van der Waals surface area (Å²) in [7, 11) is 0. The summed E-state index contributed by atoms with van der Waals surface area (Å²) in [5.74, 6) is 0.792. The van der Waals surface area contributed by atoms with Crippen LogP contribution in [0.3, 0.4) is 0 Å². The Morgan fingerprint density at radius 2 is 1.96 bits per heavy atom. The van der Waals surface area contributed by atoms with Crippen molar-refractivity contribution in [2.75, 3.05) is 0 Å². The molecule has 0 radical (unpaired) electrons. The van der Waals surface area contributed by atoms with Crippen molar-refractivity contribution < 1.29 is 4.11 Å². The molecule has 1 nitrogen and oxygen atoms in total. The van der Waals surface area contributed by atoms with Gasteiger partial charge in [-0.3, -0.25) is 0 Å². The van der Waals surface area contributed by atoms with E-state index in [1.807, 2.05) is 12.1 Å². The Hall–Kier alpha value is -1.29. The van der Waals surface area contributed by atoms with E-state index in [1.165, 1.54) is 25.7 Å². The Labute approximate surface area is 146 Å². The van der Waals surface area contributed by atoms with Gasteiger partial charge < -0.3 is 0 Å². The minimum Gasteiger partial charge on any atom is -0.192 e. The predicted molar refractivity (Wildman–Crippen MR) is 96.2 cm³/mol. The van der Waals surface area contributed by atoms with Crippen molar-refractivity contribution in [3.63, 3.8) is 0 Å². The van der Waals surface area contributed by atoms with Crippen LogP contribution in [-0.2, 0) is 0 Å². The van der Waals surface area contributed by atoms with Gasteiger partial charge >= 0.3 is 0 Å². The molecular formula is C22H31N. The first-order valence-electron chi connectivity index (χ1n) is 11.0. The van der Waals surface area contributed by atoms with Crippen LogP contribution in [0.4, 0.5) is 0 Å². The number of benzene rings is 1. The number of nitriles is 1. The molecule has 2 aliphatic carbocycles. The van der Waals surface area contributed by atoms with E-state index >= 15 is 0 Å². The molecule has 1 heteroatoms. The largest absolute Gasteiger partial charge is 0.192 e. The SMILES string of the molecule is [2H]C1CC2CC(CCCCC)CCC2C([2H])([2H])C1c1ccc(C#N)cc1. The summed E-state index contributed by atoms with van der Waals surface area (Å²) in [6.45, 7) is 2.24. The summed E-state index contributed by atoms with van der Waals surface area (Å²) < 4.78 is 26.5. The van der Waals surface area contributed by atoms with E-state index in [0.29, 0.717) is 11.5 Å². The fourth-order valence-corrected chi connectivity index (χ4v) is 4.39. The number of fused-ring (bicyclic) bond motifs is 1. The molecule has 0 aliphatic heterocycles.